The molecule has 1 aliphatic heterocycles. The summed E-state index contributed by atoms with van der Waals surface area (Å²) in [4.78, 5) is 17.2. The quantitative estimate of drug-likeness (QED) is 0.919. The Morgan fingerprint density at radius 3 is 2.96 bits per heavy atom. The van der Waals surface area contributed by atoms with Gasteiger partial charge < -0.3 is 5.32 Å². The van der Waals surface area contributed by atoms with Crippen molar-refractivity contribution in [2.45, 2.75) is 46.2 Å². The highest BCUT2D eigenvalue weighted by atomic mass is 16.1. The molecule has 7 heteroatoms. The summed E-state index contributed by atoms with van der Waals surface area (Å²) in [5.41, 5.74) is 2.71. The second kappa shape index (κ2) is 4.78. The highest BCUT2D eigenvalue weighted by molar-refractivity contribution is 5.99. The Balaban J connectivity index is 1.92. The molecule has 0 fully saturated rings. The minimum atomic E-state index is -0.255. The van der Waals surface area contributed by atoms with E-state index < -0.39 is 0 Å². The largest absolute Gasteiger partial charge is 0.328 e. The van der Waals surface area contributed by atoms with Crippen LogP contribution in [0.4, 0.5) is 5.95 Å². The van der Waals surface area contributed by atoms with Gasteiger partial charge in [0.15, 0.2) is 5.78 Å². The molecule has 0 radical (unpaired) electrons. The van der Waals surface area contributed by atoms with Crippen molar-refractivity contribution in [1.82, 2.24) is 24.5 Å². The van der Waals surface area contributed by atoms with Crippen molar-refractivity contribution >= 4 is 11.7 Å². The maximum atomic E-state index is 12.9. The maximum absolute atomic E-state index is 12.9. The smallest absolute Gasteiger partial charge is 0.226 e. The molecule has 23 heavy (non-hydrogen) atoms. The van der Waals surface area contributed by atoms with Gasteiger partial charge in [0, 0.05) is 30.4 Å². The average molecular weight is 312 g/mol. The molecular weight excluding hydrogens is 292 g/mol. The van der Waals surface area contributed by atoms with E-state index in [9.17, 15) is 4.79 Å². The molecule has 0 saturated heterocycles. The summed E-state index contributed by atoms with van der Waals surface area (Å²) in [7, 11) is 0. The van der Waals surface area contributed by atoms with E-state index in [1.54, 1.807) is 10.9 Å². The molecule has 3 heterocycles. The molecule has 2 aromatic rings. The summed E-state index contributed by atoms with van der Waals surface area (Å²) in [5, 5.41) is 12.0. The lowest BCUT2D eigenvalue weighted by molar-refractivity contribution is -0.118. The van der Waals surface area contributed by atoms with Crippen LogP contribution in [0.15, 0.2) is 29.9 Å². The molecule has 2 aromatic heterocycles. The van der Waals surface area contributed by atoms with Crippen molar-refractivity contribution in [3.63, 3.8) is 0 Å². The molecule has 0 saturated carbocycles. The third kappa shape index (κ3) is 2.10. The molecule has 7 nitrogen and oxygen atoms in total. The Morgan fingerprint density at radius 1 is 1.35 bits per heavy atom. The first kappa shape index (κ1) is 14.2. The average Bonchev–Trinajstić information content (AvgIpc) is 3.11. The number of ketones is 1. The van der Waals surface area contributed by atoms with Gasteiger partial charge in [0.2, 0.25) is 5.95 Å². The minimum Gasteiger partial charge on any atom is -0.328 e. The normalized spacial score (nSPS) is 22.6. The molecule has 1 N–H and O–H groups in total. The second-order valence-electron chi connectivity index (χ2n) is 6.96. The van der Waals surface area contributed by atoms with Crippen LogP contribution in [-0.4, -0.2) is 30.3 Å². The van der Waals surface area contributed by atoms with Crippen molar-refractivity contribution in [3.8, 4) is 0 Å². The van der Waals surface area contributed by atoms with Gasteiger partial charge in [0.05, 0.1) is 5.69 Å². The first-order chi connectivity index (χ1) is 11.0. The van der Waals surface area contributed by atoms with Gasteiger partial charge in [0.1, 0.15) is 12.4 Å². The summed E-state index contributed by atoms with van der Waals surface area (Å²) in [6.07, 6.45) is 4.68. The summed E-state index contributed by atoms with van der Waals surface area (Å²) in [6, 6.07) is 1.71. The topological polar surface area (TPSA) is 77.6 Å². The van der Waals surface area contributed by atoms with E-state index in [2.05, 4.69) is 34.3 Å². The van der Waals surface area contributed by atoms with Crippen molar-refractivity contribution in [2.75, 3.05) is 5.32 Å². The lowest BCUT2D eigenvalue weighted by atomic mass is 9.73. The number of nitrogens with zero attached hydrogens (tertiary/aromatic N) is 5. The maximum Gasteiger partial charge on any atom is 0.226 e. The highest BCUT2D eigenvalue weighted by Crippen LogP contribution is 2.44. The molecule has 0 bridgehead atoms. The van der Waals surface area contributed by atoms with E-state index >= 15 is 0 Å². The van der Waals surface area contributed by atoms with Crippen molar-refractivity contribution in [2.24, 2.45) is 5.41 Å². The van der Waals surface area contributed by atoms with Crippen LogP contribution in [-0.2, 0) is 11.3 Å². The molecule has 120 valence electrons. The number of aryl methyl sites for hydroxylation is 1. The monoisotopic (exact) mass is 312 g/mol. The van der Waals surface area contributed by atoms with E-state index in [4.69, 9.17) is 0 Å². The number of nitrogens with one attached hydrogen (secondary N) is 1. The van der Waals surface area contributed by atoms with E-state index in [1.165, 1.54) is 6.33 Å². The number of fused-ring (bicyclic) bond motifs is 1. The van der Waals surface area contributed by atoms with Crippen LogP contribution in [0.2, 0.25) is 0 Å². The van der Waals surface area contributed by atoms with Gasteiger partial charge in [-0.2, -0.15) is 15.2 Å². The predicted octanol–water partition coefficient (Wildman–Crippen LogP) is 2.15. The van der Waals surface area contributed by atoms with Gasteiger partial charge >= 0.3 is 0 Å². The number of hydrogen-bond acceptors (Lipinski definition) is 5. The number of allylic oxidation sites excluding steroid dienone is 2. The zero-order chi connectivity index (χ0) is 16.2. The van der Waals surface area contributed by atoms with Crippen molar-refractivity contribution < 1.29 is 4.79 Å². The Kier molecular flexibility index (Phi) is 2.94. The molecule has 1 aliphatic carbocycles. The number of hydrogen-bond donors (Lipinski definition) is 1. The Bertz CT molecular complexity index is 812. The summed E-state index contributed by atoms with van der Waals surface area (Å²) in [6.45, 7) is 7.04. The fraction of sp³-hybridized carbons (Fsp3) is 0.500. The molecule has 1 atom stereocenters. The van der Waals surface area contributed by atoms with Crippen LogP contribution in [0.25, 0.3) is 0 Å². The van der Waals surface area contributed by atoms with E-state index in [0.717, 1.165) is 29.9 Å². The number of carbonyl (C=O) groups excluding carboxylic acids is 1. The van der Waals surface area contributed by atoms with Crippen molar-refractivity contribution in [1.29, 1.82) is 0 Å². The Labute approximate surface area is 134 Å². The van der Waals surface area contributed by atoms with Gasteiger partial charge in [0.25, 0.3) is 0 Å². The zero-order valence-electron chi connectivity index (χ0n) is 13.6. The molecule has 0 unspecified atom stereocenters. The summed E-state index contributed by atoms with van der Waals surface area (Å²) in [5.74, 6) is 0.863. The van der Waals surface area contributed by atoms with Gasteiger partial charge in [-0.1, -0.05) is 13.8 Å². The van der Waals surface area contributed by atoms with Crippen LogP contribution in [0.1, 0.15) is 45.3 Å². The zero-order valence-corrected chi connectivity index (χ0v) is 13.6. The number of Topliss-reactive ketones (excluding diaryl/α,β-unsaturated/α-hetero) is 1. The number of aromatic nitrogens is 5. The van der Waals surface area contributed by atoms with Crippen LogP contribution in [0, 0.1) is 5.41 Å². The Morgan fingerprint density at radius 2 is 2.17 bits per heavy atom. The Hall–Kier alpha value is -2.44. The van der Waals surface area contributed by atoms with E-state index in [0.29, 0.717) is 12.4 Å². The number of rotatable bonds is 2. The summed E-state index contributed by atoms with van der Waals surface area (Å²) < 4.78 is 3.71. The van der Waals surface area contributed by atoms with E-state index in [1.807, 2.05) is 17.7 Å². The molecule has 0 amide bonds. The molecular formula is C16H20N6O. The van der Waals surface area contributed by atoms with Gasteiger partial charge in [-0.15, -0.1) is 0 Å². The van der Waals surface area contributed by atoms with Gasteiger partial charge in [-0.3, -0.25) is 9.48 Å². The first-order valence-electron chi connectivity index (χ1n) is 7.94. The van der Waals surface area contributed by atoms with E-state index in [-0.39, 0.29) is 17.2 Å². The molecule has 0 spiro atoms. The third-order valence-electron chi connectivity index (χ3n) is 4.60. The minimum absolute atomic E-state index is 0.0410. The van der Waals surface area contributed by atoms with Crippen LogP contribution in [0.3, 0.4) is 0 Å². The molecule has 0 aromatic carbocycles. The third-order valence-corrected chi connectivity index (χ3v) is 4.60. The van der Waals surface area contributed by atoms with Crippen molar-refractivity contribution in [3.05, 3.63) is 35.6 Å². The standard InChI is InChI=1S/C16H20N6O/c1-4-21-11(5-6-18-21)14-13-10(7-16(2,3)8-12(13)23)20-15-17-9-19-22(14)15/h5-6,9,14H,4,7-8H2,1-3H3,(H,17,19,20)/t14-/m0/s1. The lowest BCUT2D eigenvalue weighted by Crippen LogP contribution is -2.37. The molecule has 2 aliphatic rings. The second-order valence-corrected chi connectivity index (χ2v) is 6.96. The van der Waals surface area contributed by atoms with Gasteiger partial charge in [-0.25, -0.2) is 4.68 Å². The molecule has 4 rings (SSSR count). The number of carbonyl (C=O) groups is 1. The fourth-order valence-corrected chi connectivity index (χ4v) is 3.66. The van der Waals surface area contributed by atoms with Crippen LogP contribution in [0.5, 0.6) is 0 Å². The van der Waals surface area contributed by atoms with Gasteiger partial charge in [-0.05, 0) is 24.8 Å². The SMILES string of the molecule is CCn1nccc1[C@H]1C2=C(CC(C)(C)CC2=O)Nc2ncnn21. The predicted molar refractivity (Wildman–Crippen MR) is 84.7 cm³/mol. The lowest BCUT2D eigenvalue weighted by Gasteiger charge is -2.38. The highest BCUT2D eigenvalue weighted by Gasteiger charge is 2.42. The fourth-order valence-electron chi connectivity index (χ4n) is 3.66. The van der Waals surface area contributed by atoms with Crippen LogP contribution < -0.4 is 5.32 Å². The van der Waals surface area contributed by atoms with Crippen LogP contribution >= 0.6 is 0 Å². The first-order valence-corrected chi connectivity index (χ1v) is 7.94. The number of anilines is 1. The summed E-state index contributed by atoms with van der Waals surface area (Å²) >= 11 is 0.